The number of aliphatic carboxylic acids is 1. The summed E-state index contributed by atoms with van der Waals surface area (Å²) in [6.07, 6.45) is 0.773. The third kappa shape index (κ3) is 4.31. The molecule has 7 nitrogen and oxygen atoms in total. The second-order valence-electron chi connectivity index (χ2n) is 4.38. The van der Waals surface area contributed by atoms with E-state index in [1.54, 1.807) is 4.68 Å². The molecule has 0 aliphatic carbocycles. The van der Waals surface area contributed by atoms with Crippen molar-refractivity contribution in [1.82, 2.24) is 14.7 Å². The average Bonchev–Trinajstić information content (AvgIpc) is 2.64. The Balaban J connectivity index is 2.99. The number of halogens is 1. The maximum atomic E-state index is 11.0. The molecule has 0 radical (unpaired) electrons. The number of nitrogens with zero attached hydrogens (tertiary/aromatic N) is 3. The van der Waals surface area contributed by atoms with E-state index in [1.807, 2.05) is 13.8 Å². The number of aryl methyl sites for hydroxylation is 2. The summed E-state index contributed by atoms with van der Waals surface area (Å²) in [5, 5.41) is 13.3. The fraction of sp³-hybridized carbons (Fsp3) is 0.583. The van der Waals surface area contributed by atoms with Gasteiger partial charge in [-0.05, 0) is 29.3 Å². The first kappa shape index (κ1) is 16.6. The Morgan fingerprint density at radius 2 is 2.05 bits per heavy atom. The van der Waals surface area contributed by atoms with Crippen molar-refractivity contribution >= 4 is 27.8 Å². The second-order valence-corrected chi connectivity index (χ2v) is 5.17. The molecule has 1 aromatic heterocycles. The summed E-state index contributed by atoms with van der Waals surface area (Å²) in [7, 11) is 0. The zero-order chi connectivity index (χ0) is 15.3. The molecule has 0 atom stereocenters. The Morgan fingerprint density at radius 3 is 2.50 bits per heavy atom. The van der Waals surface area contributed by atoms with Gasteiger partial charge in [-0.1, -0.05) is 6.92 Å². The third-order valence-electron chi connectivity index (χ3n) is 2.81. The Morgan fingerprint density at radius 1 is 1.40 bits per heavy atom. The lowest BCUT2D eigenvalue weighted by molar-refractivity contribution is -0.138. The number of carboxylic acid groups (broad SMARTS) is 1. The first-order chi connectivity index (χ1) is 9.38. The first-order valence-electron chi connectivity index (χ1n) is 6.35. The van der Waals surface area contributed by atoms with Crippen LogP contribution >= 0.6 is 15.9 Å². The molecular formula is C12H19BrN4O3. The summed E-state index contributed by atoms with van der Waals surface area (Å²) in [6.45, 7) is 4.58. The van der Waals surface area contributed by atoms with Gasteiger partial charge in [0.15, 0.2) is 0 Å². The number of carbonyl (C=O) groups excluding carboxylic acids is 1. The smallest absolute Gasteiger partial charge is 0.317 e. The molecule has 0 fully saturated rings. The van der Waals surface area contributed by atoms with Crippen LogP contribution in [0.2, 0.25) is 0 Å². The Labute approximate surface area is 125 Å². The van der Waals surface area contributed by atoms with Crippen LogP contribution in [0.1, 0.15) is 25.2 Å². The molecule has 112 valence electrons. The molecule has 0 spiro atoms. The van der Waals surface area contributed by atoms with Gasteiger partial charge in [-0.25, -0.2) is 0 Å². The number of carboxylic acids is 1. The SMILES string of the molecule is CCc1nn(CC)c(CN(CC(N)=O)CC(=O)O)c1Br. The lowest BCUT2D eigenvalue weighted by Crippen LogP contribution is -2.37. The summed E-state index contributed by atoms with van der Waals surface area (Å²) in [4.78, 5) is 23.4. The van der Waals surface area contributed by atoms with E-state index in [2.05, 4.69) is 21.0 Å². The largest absolute Gasteiger partial charge is 0.480 e. The summed E-state index contributed by atoms with van der Waals surface area (Å²) < 4.78 is 2.67. The lowest BCUT2D eigenvalue weighted by atomic mass is 10.3. The van der Waals surface area contributed by atoms with Gasteiger partial charge in [-0.3, -0.25) is 19.2 Å². The number of nitrogens with two attached hydrogens (primary N) is 1. The molecule has 0 saturated carbocycles. The minimum absolute atomic E-state index is 0.102. The fourth-order valence-electron chi connectivity index (χ4n) is 1.96. The van der Waals surface area contributed by atoms with Crippen LogP contribution in [-0.2, 0) is 29.1 Å². The molecule has 0 aliphatic heterocycles. The van der Waals surface area contributed by atoms with Crippen LogP contribution in [0.4, 0.5) is 0 Å². The van der Waals surface area contributed by atoms with Gasteiger partial charge in [0.1, 0.15) is 0 Å². The molecule has 1 rings (SSSR count). The van der Waals surface area contributed by atoms with Gasteiger partial charge in [0, 0.05) is 13.1 Å². The summed E-state index contributed by atoms with van der Waals surface area (Å²) in [6, 6.07) is 0. The van der Waals surface area contributed by atoms with Gasteiger partial charge in [0.25, 0.3) is 0 Å². The minimum Gasteiger partial charge on any atom is -0.480 e. The standard InChI is InChI=1S/C12H19BrN4O3/c1-3-8-12(13)9(17(4-2)15-8)5-16(6-10(14)18)7-11(19)20/h3-7H2,1-2H3,(H2,14,18)(H,19,20). The normalized spacial score (nSPS) is 11.0. The molecule has 0 saturated heterocycles. The highest BCUT2D eigenvalue weighted by molar-refractivity contribution is 9.10. The van der Waals surface area contributed by atoms with E-state index in [-0.39, 0.29) is 13.1 Å². The maximum absolute atomic E-state index is 11.0. The van der Waals surface area contributed by atoms with Crippen LogP contribution in [0.15, 0.2) is 4.47 Å². The topological polar surface area (TPSA) is 101 Å². The van der Waals surface area contributed by atoms with Gasteiger partial charge in [0.05, 0.1) is 29.0 Å². The zero-order valence-electron chi connectivity index (χ0n) is 11.6. The van der Waals surface area contributed by atoms with Crippen molar-refractivity contribution in [2.75, 3.05) is 13.1 Å². The van der Waals surface area contributed by atoms with Crippen molar-refractivity contribution in [2.45, 2.75) is 33.4 Å². The number of hydrogen-bond donors (Lipinski definition) is 2. The number of amides is 1. The Hall–Kier alpha value is -1.41. The van der Waals surface area contributed by atoms with Crippen LogP contribution in [0, 0.1) is 0 Å². The van der Waals surface area contributed by atoms with E-state index in [9.17, 15) is 9.59 Å². The predicted octanol–water partition coefficient (Wildman–Crippen LogP) is 0.600. The van der Waals surface area contributed by atoms with Crippen LogP contribution in [0.5, 0.6) is 0 Å². The zero-order valence-corrected chi connectivity index (χ0v) is 13.2. The van der Waals surface area contributed by atoms with Crippen LogP contribution in [0.3, 0.4) is 0 Å². The van der Waals surface area contributed by atoms with Crippen molar-refractivity contribution in [1.29, 1.82) is 0 Å². The van der Waals surface area contributed by atoms with Gasteiger partial charge < -0.3 is 10.8 Å². The van der Waals surface area contributed by atoms with E-state index < -0.39 is 11.9 Å². The number of rotatable bonds is 8. The minimum atomic E-state index is -0.999. The Bertz CT molecular complexity index is 485. The highest BCUT2D eigenvalue weighted by atomic mass is 79.9. The van der Waals surface area contributed by atoms with Crippen LogP contribution < -0.4 is 5.73 Å². The van der Waals surface area contributed by atoms with Gasteiger partial charge in [-0.2, -0.15) is 5.10 Å². The molecular weight excluding hydrogens is 328 g/mol. The van der Waals surface area contributed by atoms with Crippen molar-refractivity contribution in [3.8, 4) is 0 Å². The van der Waals surface area contributed by atoms with Gasteiger partial charge >= 0.3 is 5.97 Å². The molecule has 8 heteroatoms. The molecule has 1 aromatic rings. The fourth-order valence-corrected chi connectivity index (χ4v) is 2.65. The van der Waals surface area contributed by atoms with E-state index in [4.69, 9.17) is 10.8 Å². The molecule has 0 bridgehead atoms. The number of aromatic nitrogens is 2. The van der Waals surface area contributed by atoms with Crippen LogP contribution in [-0.4, -0.2) is 44.8 Å². The average molecular weight is 347 g/mol. The van der Waals surface area contributed by atoms with Gasteiger partial charge in [0.2, 0.25) is 5.91 Å². The highest BCUT2D eigenvalue weighted by Crippen LogP contribution is 2.23. The highest BCUT2D eigenvalue weighted by Gasteiger charge is 2.19. The first-order valence-corrected chi connectivity index (χ1v) is 7.14. The van der Waals surface area contributed by atoms with Crippen LogP contribution in [0.25, 0.3) is 0 Å². The number of hydrogen-bond acceptors (Lipinski definition) is 4. The van der Waals surface area contributed by atoms with Gasteiger partial charge in [-0.15, -0.1) is 0 Å². The van der Waals surface area contributed by atoms with E-state index in [0.29, 0.717) is 13.1 Å². The monoisotopic (exact) mass is 346 g/mol. The molecule has 3 N–H and O–H groups in total. The van der Waals surface area contributed by atoms with E-state index >= 15 is 0 Å². The summed E-state index contributed by atoms with van der Waals surface area (Å²) >= 11 is 3.49. The van der Waals surface area contributed by atoms with E-state index in [0.717, 1.165) is 22.3 Å². The molecule has 0 unspecified atom stereocenters. The number of carbonyl (C=O) groups is 2. The van der Waals surface area contributed by atoms with Crippen molar-refractivity contribution in [3.63, 3.8) is 0 Å². The van der Waals surface area contributed by atoms with Crippen molar-refractivity contribution in [3.05, 3.63) is 15.9 Å². The molecule has 1 amide bonds. The summed E-state index contributed by atoms with van der Waals surface area (Å²) in [5.74, 6) is -1.55. The number of primary amides is 1. The second kappa shape index (κ2) is 7.39. The maximum Gasteiger partial charge on any atom is 0.317 e. The molecule has 0 aromatic carbocycles. The van der Waals surface area contributed by atoms with Crippen molar-refractivity contribution < 1.29 is 14.7 Å². The predicted molar refractivity (Wildman–Crippen MR) is 77.1 cm³/mol. The molecule has 0 aliphatic rings. The Kier molecular flexibility index (Phi) is 6.15. The molecule has 1 heterocycles. The molecule has 20 heavy (non-hydrogen) atoms. The quantitative estimate of drug-likeness (QED) is 0.717. The third-order valence-corrected chi connectivity index (χ3v) is 3.72. The summed E-state index contributed by atoms with van der Waals surface area (Å²) in [5.41, 5.74) is 6.92. The van der Waals surface area contributed by atoms with Crippen molar-refractivity contribution in [2.24, 2.45) is 5.73 Å². The lowest BCUT2D eigenvalue weighted by Gasteiger charge is -2.19. The van der Waals surface area contributed by atoms with E-state index in [1.165, 1.54) is 4.90 Å².